The number of hydrogen-bond donors (Lipinski definition) is 1. The first-order valence-electron chi connectivity index (χ1n) is 6.63. The van der Waals surface area contributed by atoms with Gasteiger partial charge in [0.25, 0.3) is 0 Å². The van der Waals surface area contributed by atoms with Gasteiger partial charge >= 0.3 is 0 Å². The fourth-order valence-corrected chi connectivity index (χ4v) is 2.98. The molecule has 1 unspecified atom stereocenters. The number of hydrogen-bond acceptors (Lipinski definition) is 3. The second kappa shape index (κ2) is 6.18. The number of nitrogens with zero attached hydrogens (tertiary/aromatic N) is 3. The largest absolute Gasteiger partial charge is 0.370 e. The van der Waals surface area contributed by atoms with Crippen molar-refractivity contribution in [3.8, 4) is 0 Å². The zero-order valence-electron chi connectivity index (χ0n) is 11.2. The van der Waals surface area contributed by atoms with Gasteiger partial charge in [0, 0.05) is 30.1 Å². The van der Waals surface area contributed by atoms with E-state index in [0.29, 0.717) is 11.9 Å². The van der Waals surface area contributed by atoms with Crippen molar-refractivity contribution in [1.82, 2.24) is 9.88 Å². The molecule has 2 N–H and O–H groups in total. The number of thiazole rings is 1. The summed E-state index contributed by atoms with van der Waals surface area (Å²) in [5, 5.41) is 3.24. The van der Waals surface area contributed by atoms with Crippen LogP contribution in [-0.4, -0.2) is 35.5 Å². The molecular formula is C13H22N4S. The summed E-state index contributed by atoms with van der Waals surface area (Å²) >= 11 is 1.71. The molecule has 1 aliphatic rings. The van der Waals surface area contributed by atoms with Crippen molar-refractivity contribution in [1.29, 1.82) is 0 Å². The highest BCUT2D eigenvalue weighted by atomic mass is 32.1. The third-order valence-corrected chi connectivity index (χ3v) is 4.46. The second-order valence-corrected chi connectivity index (χ2v) is 5.86. The number of rotatable bonds is 3. The Balaban J connectivity index is 1.88. The van der Waals surface area contributed by atoms with E-state index in [4.69, 9.17) is 5.73 Å². The Kier molecular flexibility index (Phi) is 4.58. The maximum absolute atomic E-state index is 6.04. The average Bonchev–Trinajstić information content (AvgIpc) is 2.83. The van der Waals surface area contributed by atoms with E-state index in [1.165, 1.54) is 19.3 Å². The Hall–Kier alpha value is -1.10. The molecule has 0 aliphatic carbocycles. The Labute approximate surface area is 113 Å². The zero-order valence-corrected chi connectivity index (χ0v) is 12.0. The SMILES string of the molecule is Cc1csc(C(C)CN=C(N)N2CCCCC2)n1. The minimum atomic E-state index is 0.354. The molecule has 1 aromatic heterocycles. The van der Waals surface area contributed by atoms with Crippen molar-refractivity contribution in [3.05, 3.63) is 16.1 Å². The number of nitrogens with two attached hydrogens (primary N) is 1. The van der Waals surface area contributed by atoms with Gasteiger partial charge in [-0.05, 0) is 26.2 Å². The van der Waals surface area contributed by atoms with Crippen LogP contribution in [0.2, 0.25) is 0 Å². The van der Waals surface area contributed by atoms with E-state index in [1.807, 2.05) is 6.92 Å². The van der Waals surface area contributed by atoms with Gasteiger partial charge in [0.2, 0.25) is 0 Å². The van der Waals surface area contributed by atoms with Crippen LogP contribution in [0.25, 0.3) is 0 Å². The van der Waals surface area contributed by atoms with Crippen LogP contribution in [0.15, 0.2) is 10.4 Å². The van der Waals surface area contributed by atoms with Crippen molar-refractivity contribution in [2.24, 2.45) is 10.7 Å². The highest BCUT2D eigenvalue weighted by Crippen LogP contribution is 2.20. The van der Waals surface area contributed by atoms with Gasteiger partial charge in [-0.3, -0.25) is 4.99 Å². The quantitative estimate of drug-likeness (QED) is 0.675. The van der Waals surface area contributed by atoms with E-state index in [9.17, 15) is 0 Å². The maximum Gasteiger partial charge on any atom is 0.191 e. The molecule has 0 aromatic carbocycles. The van der Waals surface area contributed by atoms with E-state index < -0.39 is 0 Å². The monoisotopic (exact) mass is 266 g/mol. The zero-order chi connectivity index (χ0) is 13.0. The van der Waals surface area contributed by atoms with E-state index in [-0.39, 0.29) is 0 Å². The Bertz CT molecular complexity index is 407. The van der Waals surface area contributed by atoms with Crippen LogP contribution in [0.5, 0.6) is 0 Å². The molecule has 0 radical (unpaired) electrons. The topological polar surface area (TPSA) is 54.5 Å². The van der Waals surface area contributed by atoms with Gasteiger partial charge in [0.15, 0.2) is 5.96 Å². The number of aromatic nitrogens is 1. The normalized spacial score (nSPS) is 19.0. The summed E-state index contributed by atoms with van der Waals surface area (Å²) in [7, 11) is 0. The molecule has 1 saturated heterocycles. The first-order valence-corrected chi connectivity index (χ1v) is 7.51. The Morgan fingerprint density at radius 1 is 1.50 bits per heavy atom. The third-order valence-electron chi connectivity index (χ3n) is 3.27. The molecule has 5 heteroatoms. The van der Waals surface area contributed by atoms with Crippen molar-refractivity contribution < 1.29 is 0 Å². The summed E-state index contributed by atoms with van der Waals surface area (Å²) < 4.78 is 0. The molecule has 2 heterocycles. The van der Waals surface area contributed by atoms with Crippen molar-refractivity contribution in [3.63, 3.8) is 0 Å². The van der Waals surface area contributed by atoms with Crippen LogP contribution in [0, 0.1) is 6.92 Å². The minimum absolute atomic E-state index is 0.354. The van der Waals surface area contributed by atoms with Crippen LogP contribution in [0.3, 0.4) is 0 Å². The molecular weight excluding hydrogens is 244 g/mol. The molecule has 0 spiro atoms. The van der Waals surface area contributed by atoms with Gasteiger partial charge in [0.05, 0.1) is 11.6 Å². The summed E-state index contributed by atoms with van der Waals surface area (Å²) in [6.45, 7) is 7.03. The van der Waals surface area contributed by atoms with Gasteiger partial charge in [-0.1, -0.05) is 6.92 Å². The molecule has 1 atom stereocenters. The minimum Gasteiger partial charge on any atom is -0.370 e. The van der Waals surface area contributed by atoms with Crippen molar-refractivity contribution >= 4 is 17.3 Å². The fourth-order valence-electron chi connectivity index (χ4n) is 2.13. The first-order chi connectivity index (χ1) is 8.66. The van der Waals surface area contributed by atoms with Crippen LogP contribution in [0.4, 0.5) is 0 Å². The highest BCUT2D eigenvalue weighted by molar-refractivity contribution is 7.09. The summed E-state index contributed by atoms with van der Waals surface area (Å²) in [5.41, 5.74) is 7.13. The number of piperidine rings is 1. The molecule has 18 heavy (non-hydrogen) atoms. The van der Waals surface area contributed by atoms with Crippen LogP contribution in [-0.2, 0) is 0 Å². The van der Waals surface area contributed by atoms with Gasteiger partial charge < -0.3 is 10.6 Å². The Morgan fingerprint density at radius 3 is 2.83 bits per heavy atom. The van der Waals surface area contributed by atoms with Gasteiger partial charge in [-0.25, -0.2) is 4.98 Å². The van der Waals surface area contributed by atoms with Gasteiger partial charge in [-0.2, -0.15) is 0 Å². The van der Waals surface area contributed by atoms with Crippen molar-refractivity contribution in [2.75, 3.05) is 19.6 Å². The van der Waals surface area contributed by atoms with Crippen molar-refractivity contribution in [2.45, 2.75) is 39.0 Å². The number of aliphatic imine (C=N–C) groups is 1. The number of aryl methyl sites for hydroxylation is 1. The second-order valence-electron chi connectivity index (χ2n) is 4.97. The number of likely N-dealkylation sites (tertiary alicyclic amines) is 1. The first kappa shape index (κ1) is 13.3. The van der Waals surface area contributed by atoms with Crippen LogP contribution >= 0.6 is 11.3 Å². The lowest BCUT2D eigenvalue weighted by Gasteiger charge is -2.27. The van der Waals surface area contributed by atoms with E-state index >= 15 is 0 Å². The third kappa shape index (κ3) is 3.45. The summed E-state index contributed by atoms with van der Waals surface area (Å²) in [6, 6.07) is 0. The number of guanidine groups is 1. The highest BCUT2D eigenvalue weighted by Gasteiger charge is 2.13. The average molecular weight is 266 g/mol. The molecule has 100 valence electrons. The lowest BCUT2D eigenvalue weighted by molar-refractivity contribution is 0.338. The van der Waals surface area contributed by atoms with E-state index in [0.717, 1.165) is 30.3 Å². The maximum atomic E-state index is 6.04. The lowest BCUT2D eigenvalue weighted by Crippen LogP contribution is -2.41. The van der Waals surface area contributed by atoms with Gasteiger partial charge in [0.1, 0.15) is 0 Å². The Morgan fingerprint density at radius 2 is 2.22 bits per heavy atom. The molecule has 1 fully saturated rings. The summed E-state index contributed by atoms with van der Waals surface area (Å²) in [5.74, 6) is 1.06. The molecule has 1 aromatic rings. The van der Waals surface area contributed by atoms with Crippen LogP contribution < -0.4 is 5.73 Å². The van der Waals surface area contributed by atoms with E-state index in [1.54, 1.807) is 11.3 Å². The molecule has 4 nitrogen and oxygen atoms in total. The molecule has 2 rings (SSSR count). The van der Waals surface area contributed by atoms with Gasteiger partial charge in [-0.15, -0.1) is 11.3 Å². The van der Waals surface area contributed by atoms with Crippen LogP contribution in [0.1, 0.15) is 42.8 Å². The standard InChI is InChI=1S/C13H22N4S/c1-10(12-16-11(2)9-18-12)8-15-13(14)17-6-4-3-5-7-17/h9-10H,3-8H2,1-2H3,(H2,14,15). The molecule has 0 bridgehead atoms. The summed E-state index contributed by atoms with van der Waals surface area (Å²) in [6.07, 6.45) is 3.79. The summed E-state index contributed by atoms with van der Waals surface area (Å²) in [4.78, 5) is 11.2. The smallest absolute Gasteiger partial charge is 0.191 e. The predicted octanol–water partition coefficient (Wildman–Crippen LogP) is 2.36. The predicted molar refractivity (Wildman–Crippen MR) is 77.2 cm³/mol. The molecule has 0 saturated carbocycles. The lowest BCUT2D eigenvalue weighted by atomic mass is 10.1. The van der Waals surface area contributed by atoms with E-state index in [2.05, 4.69) is 27.2 Å². The fraction of sp³-hybridized carbons (Fsp3) is 0.692. The molecule has 0 amide bonds. The molecule has 1 aliphatic heterocycles.